The molecule has 0 heterocycles. The third-order valence-electron chi connectivity index (χ3n) is 2.71. The quantitative estimate of drug-likeness (QED) is 0.879. The lowest BCUT2D eigenvalue weighted by Gasteiger charge is -2.20. The summed E-state index contributed by atoms with van der Waals surface area (Å²) in [7, 11) is -1.38. The first kappa shape index (κ1) is 14.9. The Hall–Kier alpha value is -1.14. The highest BCUT2D eigenvalue weighted by atomic mass is 32.2. The molecule has 0 aliphatic heterocycles. The lowest BCUT2D eigenvalue weighted by molar-refractivity contribution is 0.598. The fraction of sp³-hybridized carbons (Fsp3) is 0.500. The first-order chi connectivity index (χ1) is 8.20. The molecule has 0 spiro atoms. The predicted octanol–water partition coefficient (Wildman–Crippen LogP) is 1.33. The van der Waals surface area contributed by atoms with Crippen molar-refractivity contribution in [3.8, 4) is 0 Å². The van der Waals surface area contributed by atoms with Gasteiger partial charge in [0.25, 0.3) is 0 Å². The van der Waals surface area contributed by atoms with Gasteiger partial charge in [-0.1, -0.05) is 6.07 Å². The van der Waals surface area contributed by atoms with Crippen LogP contribution in [0.4, 0.5) is 10.1 Å². The summed E-state index contributed by atoms with van der Waals surface area (Å²) in [4.78, 5) is 1.58. The van der Waals surface area contributed by atoms with E-state index in [0.717, 1.165) is 6.26 Å². The summed E-state index contributed by atoms with van der Waals surface area (Å²) < 4.78 is 36.0. The third-order valence-corrected chi connectivity index (χ3v) is 3.63. The molecule has 0 amide bonds. The number of anilines is 1. The maximum Gasteiger partial charge on any atom is 0.149 e. The number of halogens is 1. The molecule has 102 valence electrons. The average molecular weight is 274 g/mol. The van der Waals surface area contributed by atoms with Crippen LogP contribution >= 0.6 is 0 Å². The molecule has 0 aliphatic rings. The minimum Gasteiger partial charge on any atom is -0.371 e. The second-order valence-corrected chi connectivity index (χ2v) is 6.81. The maximum atomic E-state index is 13.8. The first-order valence-electron chi connectivity index (χ1n) is 5.64. The fourth-order valence-electron chi connectivity index (χ4n) is 1.54. The van der Waals surface area contributed by atoms with Crippen LogP contribution in [0.2, 0.25) is 0 Å². The average Bonchev–Trinajstić information content (AvgIpc) is 2.24. The zero-order valence-corrected chi connectivity index (χ0v) is 11.7. The Bertz CT molecular complexity index is 515. The number of nitrogens with zero attached hydrogens (tertiary/aromatic N) is 1. The second kappa shape index (κ2) is 5.67. The molecule has 0 saturated heterocycles. The smallest absolute Gasteiger partial charge is 0.149 e. The maximum absolute atomic E-state index is 13.8. The first-order valence-corrected chi connectivity index (χ1v) is 7.70. The van der Waals surface area contributed by atoms with Crippen LogP contribution in [0.5, 0.6) is 0 Å². The molecule has 0 aliphatic carbocycles. The number of hydrogen-bond acceptors (Lipinski definition) is 4. The molecule has 0 fully saturated rings. The predicted molar refractivity (Wildman–Crippen MR) is 72.0 cm³/mol. The van der Waals surface area contributed by atoms with E-state index in [2.05, 4.69) is 0 Å². The Morgan fingerprint density at radius 1 is 1.44 bits per heavy atom. The molecular weight excluding hydrogens is 255 g/mol. The molecule has 0 aromatic heterocycles. The molecule has 1 rings (SSSR count). The molecule has 4 nitrogen and oxygen atoms in total. The van der Waals surface area contributed by atoms with Crippen molar-refractivity contribution in [1.29, 1.82) is 0 Å². The summed E-state index contributed by atoms with van der Waals surface area (Å²) in [5.74, 6) is -0.390. The summed E-state index contributed by atoms with van der Waals surface area (Å²) in [6.07, 6.45) is 1.16. The zero-order valence-electron chi connectivity index (χ0n) is 10.9. The van der Waals surface area contributed by atoms with E-state index in [1.165, 1.54) is 6.07 Å². The summed E-state index contributed by atoms with van der Waals surface area (Å²) in [5.41, 5.74) is 6.76. The molecule has 0 radical (unpaired) electrons. The van der Waals surface area contributed by atoms with E-state index in [0.29, 0.717) is 11.3 Å². The van der Waals surface area contributed by atoms with Gasteiger partial charge < -0.3 is 10.6 Å². The van der Waals surface area contributed by atoms with Gasteiger partial charge >= 0.3 is 0 Å². The van der Waals surface area contributed by atoms with Gasteiger partial charge in [0.05, 0.1) is 11.4 Å². The van der Waals surface area contributed by atoms with Crippen LogP contribution in [-0.4, -0.2) is 34.0 Å². The van der Waals surface area contributed by atoms with Gasteiger partial charge in [-0.3, -0.25) is 0 Å². The Morgan fingerprint density at radius 3 is 2.50 bits per heavy atom. The largest absolute Gasteiger partial charge is 0.371 e. The van der Waals surface area contributed by atoms with Gasteiger partial charge in [0.2, 0.25) is 0 Å². The SMILES string of the molecule is C[C@@H](N)c1ccc(N(C)CCS(C)(=O)=O)c(F)c1. The Kier molecular flexibility index (Phi) is 4.70. The van der Waals surface area contributed by atoms with Crippen LogP contribution in [0.1, 0.15) is 18.5 Å². The summed E-state index contributed by atoms with van der Waals surface area (Å²) in [5, 5.41) is 0. The third kappa shape index (κ3) is 4.27. The van der Waals surface area contributed by atoms with Gasteiger partial charge in [0.1, 0.15) is 15.7 Å². The number of benzene rings is 1. The van der Waals surface area contributed by atoms with Gasteiger partial charge in [-0.05, 0) is 24.6 Å². The van der Waals surface area contributed by atoms with Crippen molar-refractivity contribution >= 4 is 15.5 Å². The molecule has 18 heavy (non-hydrogen) atoms. The molecule has 0 saturated carbocycles. The number of sulfone groups is 1. The molecule has 2 N–H and O–H groups in total. The lowest BCUT2D eigenvalue weighted by Crippen LogP contribution is -2.25. The molecule has 1 aromatic carbocycles. The van der Waals surface area contributed by atoms with Crippen LogP contribution < -0.4 is 10.6 Å². The fourth-order valence-corrected chi connectivity index (χ4v) is 2.14. The van der Waals surface area contributed by atoms with Crippen molar-refractivity contribution in [1.82, 2.24) is 0 Å². The van der Waals surface area contributed by atoms with Crippen molar-refractivity contribution in [2.24, 2.45) is 5.73 Å². The molecule has 1 aromatic rings. The van der Waals surface area contributed by atoms with E-state index in [1.807, 2.05) is 0 Å². The highest BCUT2D eigenvalue weighted by Crippen LogP contribution is 2.21. The Balaban J connectivity index is 2.84. The van der Waals surface area contributed by atoms with Crippen LogP contribution in [0.25, 0.3) is 0 Å². The number of rotatable bonds is 5. The van der Waals surface area contributed by atoms with E-state index in [-0.39, 0.29) is 24.2 Å². The van der Waals surface area contributed by atoms with E-state index in [9.17, 15) is 12.8 Å². The van der Waals surface area contributed by atoms with Gasteiger partial charge in [-0.25, -0.2) is 12.8 Å². The monoisotopic (exact) mass is 274 g/mol. The van der Waals surface area contributed by atoms with Gasteiger partial charge in [-0.2, -0.15) is 0 Å². The van der Waals surface area contributed by atoms with Crippen LogP contribution in [0.15, 0.2) is 18.2 Å². The zero-order chi connectivity index (χ0) is 13.9. The molecule has 6 heteroatoms. The Morgan fingerprint density at radius 2 is 2.06 bits per heavy atom. The minimum absolute atomic E-state index is 0.00200. The molecule has 1 atom stereocenters. The summed E-state index contributed by atoms with van der Waals surface area (Å²) in [6, 6.07) is 4.53. The second-order valence-electron chi connectivity index (χ2n) is 4.55. The normalized spacial score (nSPS) is 13.4. The number of hydrogen-bond donors (Lipinski definition) is 1. The van der Waals surface area contributed by atoms with E-state index in [1.54, 1.807) is 31.0 Å². The van der Waals surface area contributed by atoms with Crippen molar-refractivity contribution in [2.45, 2.75) is 13.0 Å². The van der Waals surface area contributed by atoms with Crippen molar-refractivity contribution in [3.63, 3.8) is 0 Å². The Labute approximate surface area is 108 Å². The van der Waals surface area contributed by atoms with Crippen molar-refractivity contribution in [3.05, 3.63) is 29.6 Å². The van der Waals surface area contributed by atoms with E-state index < -0.39 is 9.84 Å². The van der Waals surface area contributed by atoms with Crippen LogP contribution in [0.3, 0.4) is 0 Å². The standard InChI is InChI=1S/C12H19FN2O2S/c1-9(14)10-4-5-12(11(13)8-10)15(2)6-7-18(3,16)17/h4-5,8-9H,6-7,14H2,1-3H3/t9-/m1/s1. The lowest BCUT2D eigenvalue weighted by atomic mass is 10.1. The number of nitrogens with two attached hydrogens (primary N) is 1. The molecular formula is C12H19FN2O2S. The van der Waals surface area contributed by atoms with Gasteiger partial charge in [-0.15, -0.1) is 0 Å². The van der Waals surface area contributed by atoms with Crippen molar-refractivity contribution < 1.29 is 12.8 Å². The van der Waals surface area contributed by atoms with Crippen molar-refractivity contribution in [2.75, 3.05) is 30.5 Å². The molecule has 0 unspecified atom stereocenters. The van der Waals surface area contributed by atoms with Crippen LogP contribution in [0, 0.1) is 5.82 Å². The molecule has 0 bridgehead atoms. The highest BCUT2D eigenvalue weighted by Gasteiger charge is 2.12. The summed E-state index contributed by atoms with van der Waals surface area (Å²) >= 11 is 0. The topological polar surface area (TPSA) is 63.4 Å². The van der Waals surface area contributed by atoms with Crippen LogP contribution in [-0.2, 0) is 9.84 Å². The minimum atomic E-state index is -3.05. The summed E-state index contributed by atoms with van der Waals surface area (Å²) in [6.45, 7) is 2.04. The van der Waals surface area contributed by atoms with Gasteiger partial charge in [0, 0.05) is 25.9 Å². The van der Waals surface area contributed by atoms with Gasteiger partial charge in [0.15, 0.2) is 0 Å². The highest BCUT2D eigenvalue weighted by molar-refractivity contribution is 7.90. The van der Waals surface area contributed by atoms with E-state index in [4.69, 9.17) is 5.73 Å². The van der Waals surface area contributed by atoms with E-state index >= 15 is 0 Å².